The van der Waals surface area contributed by atoms with E-state index in [-0.39, 0.29) is 24.2 Å². The minimum Gasteiger partial charge on any atom is -0.324 e. The van der Waals surface area contributed by atoms with Gasteiger partial charge in [0, 0.05) is 23.1 Å². The molecule has 0 radical (unpaired) electrons. The maximum atomic E-state index is 12.4. The molecule has 0 saturated carbocycles. The molecule has 2 aromatic rings. The van der Waals surface area contributed by atoms with Crippen LogP contribution in [0.3, 0.4) is 0 Å². The van der Waals surface area contributed by atoms with Crippen molar-refractivity contribution < 1.29 is 9.59 Å². The lowest BCUT2D eigenvalue weighted by Gasteiger charge is -2.16. The third-order valence-electron chi connectivity index (χ3n) is 3.75. The minimum absolute atomic E-state index is 0.0433. The van der Waals surface area contributed by atoms with Crippen LogP contribution < -0.4 is 10.2 Å². The third-order valence-corrected chi connectivity index (χ3v) is 4.56. The number of hydrogen-bond acceptors (Lipinski definition) is 2. The van der Waals surface area contributed by atoms with Gasteiger partial charge in [-0.1, -0.05) is 45.7 Å². The van der Waals surface area contributed by atoms with Crippen molar-refractivity contribution >= 4 is 50.7 Å². The van der Waals surface area contributed by atoms with E-state index in [1.54, 1.807) is 23.1 Å². The van der Waals surface area contributed by atoms with Crippen molar-refractivity contribution in [1.82, 2.24) is 0 Å². The van der Waals surface area contributed by atoms with E-state index in [0.29, 0.717) is 17.3 Å². The first-order valence-electron chi connectivity index (χ1n) is 7.16. The van der Waals surface area contributed by atoms with E-state index >= 15 is 0 Å². The molecule has 1 aliphatic rings. The Labute approximate surface area is 147 Å². The Kier molecular flexibility index (Phi) is 4.68. The van der Waals surface area contributed by atoms with Crippen LogP contribution in [0.2, 0.25) is 5.02 Å². The first kappa shape index (κ1) is 16.0. The molecule has 4 nitrogen and oxygen atoms in total. The maximum Gasteiger partial charge on any atom is 0.229 e. The van der Waals surface area contributed by atoms with Crippen LogP contribution in [0.15, 0.2) is 53.0 Å². The fraction of sp³-hybridized carbons (Fsp3) is 0.176. The first-order valence-corrected chi connectivity index (χ1v) is 8.33. The molecule has 0 spiro atoms. The predicted octanol–water partition coefficient (Wildman–Crippen LogP) is 4.09. The zero-order chi connectivity index (χ0) is 16.4. The zero-order valence-corrected chi connectivity index (χ0v) is 14.5. The molecule has 0 aliphatic carbocycles. The highest BCUT2D eigenvalue weighted by molar-refractivity contribution is 9.10. The predicted molar refractivity (Wildman–Crippen MR) is 94.7 cm³/mol. The summed E-state index contributed by atoms with van der Waals surface area (Å²) in [7, 11) is 0. The van der Waals surface area contributed by atoms with E-state index in [2.05, 4.69) is 21.2 Å². The summed E-state index contributed by atoms with van der Waals surface area (Å²) in [5, 5.41) is 3.26. The summed E-state index contributed by atoms with van der Waals surface area (Å²) in [6.45, 7) is 0.378. The molecular weight excluding hydrogens is 380 g/mol. The molecule has 2 amide bonds. The Morgan fingerprint density at radius 1 is 1.22 bits per heavy atom. The van der Waals surface area contributed by atoms with Crippen LogP contribution in [-0.4, -0.2) is 18.4 Å². The molecule has 2 aromatic carbocycles. The molecule has 0 unspecified atom stereocenters. The Morgan fingerprint density at radius 2 is 1.96 bits per heavy atom. The van der Waals surface area contributed by atoms with Crippen LogP contribution in [0, 0.1) is 5.92 Å². The monoisotopic (exact) mass is 392 g/mol. The van der Waals surface area contributed by atoms with Gasteiger partial charge >= 0.3 is 0 Å². The van der Waals surface area contributed by atoms with Gasteiger partial charge in [0.2, 0.25) is 11.8 Å². The molecular formula is C17H14BrClN2O2. The third kappa shape index (κ3) is 3.57. The summed E-state index contributed by atoms with van der Waals surface area (Å²) in [5.41, 5.74) is 1.36. The van der Waals surface area contributed by atoms with Gasteiger partial charge in [-0.3, -0.25) is 9.59 Å². The number of hydrogen-bond donors (Lipinski definition) is 1. The second kappa shape index (κ2) is 6.72. The van der Waals surface area contributed by atoms with Gasteiger partial charge in [-0.2, -0.15) is 0 Å². The summed E-state index contributed by atoms with van der Waals surface area (Å²) < 4.78 is 0.840. The number of amides is 2. The molecule has 0 bridgehead atoms. The smallest absolute Gasteiger partial charge is 0.229 e. The van der Waals surface area contributed by atoms with Gasteiger partial charge in [0.15, 0.2) is 0 Å². The SMILES string of the molecule is O=C(Nc1ccc(Br)cc1Cl)[C@@H]1CC(=O)N(c2ccccc2)C1. The lowest BCUT2D eigenvalue weighted by atomic mass is 10.1. The van der Waals surface area contributed by atoms with E-state index in [4.69, 9.17) is 11.6 Å². The second-order valence-corrected chi connectivity index (χ2v) is 6.68. The molecule has 1 saturated heterocycles. The molecule has 1 aliphatic heterocycles. The Hall–Kier alpha value is -1.85. The first-order chi connectivity index (χ1) is 11.0. The van der Waals surface area contributed by atoms with Crippen molar-refractivity contribution in [3.63, 3.8) is 0 Å². The van der Waals surface area contributed by atoms with Crippen molar-refractivity contribution in [3.8, 4) is 0 Å². The number of nitrogens with zero attached hydrogens (tertiary/aromatic N) is 1. The van der Waals surface area contributed by atoms with Gasteiger partial charge in [0.05, 0.1) is 16.6 Å². The highest BCUT2D eigenvalue weighted by Crippen LogP contribution is 2.29. The summed E-state index contributed by atoms with van der Waals surface area (Å²) in [6, 6.07) is 14.6. The van der Waals surface area contributed by atoms with E-state index in [9.17, 15) is 9.59 Å². The van der Waals surface area contributed by atoms with Gasteiger partial charge in [-0.15, -0.1) is 0 Å². The number of anilines is 2. The average Bonchev–Trinajstić information content (AvgIpc) is 2.93. The summed E-state index contributed by atoms with van der Waals surface area (Å²) in [5.74, 6) is -0.623. The van der Waals surface area contributed by atoms with Gasteiger partial charge < -0.3 is 10.2 Å². The molecule has 6 heteroatoms. The van der Waals surface area contributed by atoms with Gasteiger partial charge in [-0.25, -0.2) is 0 Å². The molecule has 1 N–H and O–H groups in total. The molecule has 0 aromatic heterocycles. The zero-order valence-electron chi connectivity index (χ0n) is 12.1. The standard InChI is InChI=1S/C17H14BrClN2O2/c18-12-6-7-15(14(19)9-12)20-17(23)11-8-16(22)21(10-11)13-4-2-1-3-5-13/h1-7,9,11H,8,10H2,(H,20,23)/t11-/m1/s1. The molecule has 118 valence electrons. The molecule has 3 rings (SSSR count). The quantitative estimate of drug-likeness (QED) is 0.854. The number of nitrogens with one attached hydrogen (secondary N) is 1. The fourth-order valence-corrected chi connectivity index (χ4v) is 3.29. The molecule has 1 fully saturated rings. The largest absolute Gasteiger partial charge is 0.324 e. The highest BCUT2D eigenvalue weighted by atomic mass is 79.9. The minimum atomic E-state index is -0.387. The van der Waals surface area contributed by atoms with Crippen molar-refractivity contribution in [3.05, 3.63) is 58.0 Å². The van der Waals surface area contributed by atoms with Crippen LogP contribution in [-0.2, 0) is 9.59 Å². The van der Waals surface area contributed by atoms with Crippen molar-refractivity contribution in [2.75, 3.05) is 16.8 Å². The van der Waals surface area contributed by atoms with Crippen LogP contribution in [0.4, 0.5) is 11.4 Å². The van der Waals surface area contributed by atoms with Gasteiger partial charge in [0.25, 0.3) is 0 Å². The number of benzene rings is 2. The van der Waals surface area contributed by atoms with E-state index in [1.807, 2.05) is 30.3 Å². The van der Waals surface area contributed by atoms with Crippen molar-refractivity contribution in [2.24, 2.45) is 5.92 Å². The van der Waals surface area contributed by atoms with E-state index in [0.717, 1.165) is 10.2 Å². The van der Waals surface area contributed by atoms with Crippen molar-refractivity contribution in [1.29, 1.82) is 0 Å². The lowest BCUT2D eigenvalue weighted by molar-refractivity contribution is -0.122. The molecule has 1 heterocycles. The second-order valence-electron chi connectivity index (χ2n) is 5.35. The van der Waals surface area contributed by atoms with Gasteiger partial charge in [-0.05, 0) is 30.3 Å². The number of carbonyl (C=O) groups excluding carboxylic acids is 2. The van der Waals surface area contributed by atoms with Crippen LogP contribution >= 0.6 is 27.5 Å². The number of rotatable bonds is 3. The number of halogens is 2. The Morgan fingerprint density at radius 3 is 2.65 bits per heavy atom. The van der Waals surface area contributed by atoms with Crippen LogP contribution in [0.5, 0.6) is 0 Å². The molecule has 1 atom stereocenters. The number of para-hydroxylation sites is 1. The Bertz CT molecular complexity index is 752. The van der Waals surface area contributed by atoms with E-state index < -0.39 is 0 Å². The topological polar surface area (TPSA) is 49.4 Å². The van der Waals surface area contributed by atoms with Crippen molar-refractivity contribution in [2.45, 2.75) is 6.42 Å². The normalized spacial score (nSPS) is 17.4. The van der Waals surface area contributed by atoms with Gasteiger partial charge in [0.1, 0.15) is 0 Å². The Balaban J connectivity index is 1.71. The van der Waals surface area contributed by atoms with Crippen LogP contribution in [0.25, 0.3) is 0 Å². The maximum absolute atomic E-state index is 12.4. The lowest BCUT2D eigenvalue weighted by Crippen LogP contribution is -2.28. The summed E-state index contributed by atoms with van der Waals surface area (Å²) in [6.07, 6.45) is 0.203. The van der Waals surface area contributed by atoms with Crippen LogP contribution in [0.1, 0.15) is 6.42 Å². The van der Waals surface area contributed by atoms with E-state index in [1.165, 1.54) is 0 Å². The number of carbonyl (C=O) groups is 2. The summed E-state index contributed by atoms with van der Waals surface area (Å²) >= 11 is 9.43. The fourth-order valence-electron chi connectivity index (χ4n) is 2.57. The summed E-state index contributed by atoms with van der Waals surface area (Å²) in [4.78, 5) is 26.2. The average molecular weight is 394 g/mol. The highest BCUT2D eigenvalue weighted by Gasteiger charge is 2.35. The molecule has 23 heavy (non-hydrogen) atoms.